The second kappa shape index (κ2) is 7.11. The van der Waals surface area contributed by atoms with Crippen LogP contribution in [0.4, 0.5) is 4.79 Å². The van der Waals surface area contributed by atoms with Gasteiger partial charge < -0.3 is 15.6 Å². The van der Waals surface area contributed by atoms with E-state index in [2.05, 4.69) is 22.5 Å². The highest BCUT2D eigenvalue weighted by molar-refractivity contribution is 6.05. The van der Waals surface area contributed by atoms with Crippen molar-refractivity contribution in [1.29, 1.82) is 0 Å². The lowest BCUT2D eigenvalue weighted by molar-refractivity contribution is -0.130. The molecule has 2 fully saturated rings. The summed E-state index contributed by atoms with van der Waals surface area (Å²) >= 11 is 0. The quantitative estimate of drug-likeness (QED) is 0.722. The van der Waals surface area contributed by atoms with Crippen LogP contribution in [-0.2, 0) is 11.2 Å². The molecule has 3 atom stereocenters. The third-order valence-corrected chi connectivity index (χ3v) is 5.78. The molecular formula is C20H26N4O2. The predicted molar refractivity (Wildman–Crippen MR) is 101 cm³/mol. The number of hydrogen-bond donors (Lipinski definition) is 3. The maximum absolute atomic E-state index is 13.0. The highest BCUT2D eigenvalue weighted by Crippen LogP contribution is 2.27. The lowest BCUT2D eigenvalue weighted by Gasteiger charge is -2.34. The van der Waals surface area contributed by atoms with E-state index in [-0.39, 0.29) is 18.0 Å². The van der Waals surface area contributed by atoms with Gasteiger partial charge in [0.25, 0.3) is 5.91 Å². The highest BCUT2D eigenvalue weighted by Gasteiger charge is 2.44. The van der Waals surface area contributed by atoms with Gasteiger partial charge in [0, 0.05) is 29.6 Å². The first kappa shape index (κ1) is 17.1. The second-order valence-electron chi connectivity index (χ2n) is 7.36. The van der Waals surface area contributed by atoms with Gasteiger partial charge in [-0.25, -0.2) is 4.79 Å². The van der Waals surface area contributed by atoms with Gasteiger partial charge >= 0.3 is 6.03 Å². The van der Waals surface area contributed by atoms with E-state index in [9.17, 15) is 9.59 Å². The summed E-state index contributed by atoms with van der Waals surface area (Å²) < 4.78 is 0. The first-order valence-electron chi connectivity index (χ1n) is 9.58. The molecule has 3 heterocycles. The zero-order valence-electron chi connectivity index (χ0n) is 15.1. The van der Waals surface area contributed by atoms with Gasteiger partial charge in [-0.3, -0.25) is 9.69 Å². The molecular weight excluding hydrogens is 328 g/mol. The van der Waals surface area contributed by atoms with Crippen LogP contribution < -0.4 is 10.6 Å². The molecule has 3 unspecified atom stereocenters. The Morgan fingerprint density at radius 3 is 2.88 bits per heavy atom. The summed E-state index contributed by atoms with van der Waals surface area (Å²) in [5, 5.41) is 7.42. The number of carbonyl (C=O) groups is 2. The molecule has 2 aromatic rings. The van der Waals surface area contributed by atoms with E-state index in [1.165, 1.54) is 4.90 Å². The van der Waals surface area contributed by atoms with E-state index in [1.807, 2.05) is 30.5 Å². The largest absolute Gasteiger partial charge is 0.361 e. The molecule has 138 valence electrons. The van der Waals surface area contributed by atoms with E-state index in [4.69, 9.17) is 0 Å². The number of urea groups is 1. The summed E-state index contributed by atoms with van der Waals surface area (Å²) in [6.45, 7) is 3.96. The van der Waals surface area contributed by atoms with Gasteiger partial charge in [0.2, 0.25) is 0 Å². The van der Waals surface area contributed by atoms with E-state index in [0.29, 0.717) is 12.3 Å². The number of hydrogen-bond acceptors (Lipinski definition) is 3. The summed E-state index contributed by atoms with van der Waals surface area (Å²) in [5.74, 6) is 0.257. The SMILES string of the molecule is CCC(C1CCCNC1)N1C(=O)NC(Cc2c[nH]c3ccccc23)C1=O. The Bertz CT molecular complexity index is 809. The molecule has 0 saturated carbocycles. The number of benzene rings is 1. The molecule has 6 nitrogen and oxygen atoms in total. The molecule has 6 heteroatoms. The van der Waals surface area contributed by atoms with Crippen molar-refractivity contribution in [3.8, 4) is 0 Å². The molecule has 4 rings (SSSR count). The minimum absolute atomic E-state index is 0.0248. The fraction of sp³-hybridized carbons (Fsp3) is 0.500. The first-order chi connectivity index (χ1) is 12.7. The number of para-hydroxylation sites is 1. The average Bonchev–Trinajstić information content (AvgIpc) is 3.20. The minimum Gasteiger partial charge on any atom is -0.361 e. The molecule has 1 aromatic heterocycles. The van der Waals surface area contributed by atoms with Crippen LogP contribution in [0, 0.1) is 5.92 Å². The van der Waals surface area contributed by atoms with Gasteiger partial charge in [0.15, 0.2) is 0 Å². The summed E-state index contributed by atoms with van der Waals surface area (Å²) in [5.41, 5.74) is 2.12. The Morgan fingerprint density at radius 1 is 1.27 bits per heavy atom. The van der Waals surface area contributed by atoms with E-state index in [0.717, 1.165) is 48.8 Å². The molecule has 2 aliphatic rings. The second-order valence-corrected chi connectivity index (χ2v) is 7.36. The topological polar surface area (TPSA) is 77.2 Å². The van der Waals surface area contributed by atoms with Crippen molar-refractivity contribution in [2.75, 3.05) is 13.1 Å². The Labute approximate surface area is 153 Å². The molecule has 2 saturated heterocycles. The number of aromatic nitrogens is 1. The molecule has 0 bridgehead atoms. The van der Waals surface area contributed by atoms with E-state index < -0.39 is 6.04 Å². The number of piperidine rings is 1. The summed E-state index contributed by atoms with van der Waals surface area (Å²) in [6, 6.07) is 7.29. The van der Waals surface area contributed by atoms with Gasteiger partial charge in [-0.1, -0.05) is 25.1 Å². The molecule has 3 N–H and O–H groups in total. The van der Waals surface area contributed by atoms with Crippen molar-refractivity contribution in [2.24, 2.45) is 5.92 Å². The standard InChI is InChI=1S/C20H26N4O2/c1-2-18(13-6-5-9-21-11-13)24-19(25)17(23-20(24)26)10-14-12-22-16-8-4-3-7-15(14)16/h3-4,7-8,12-13,17-18,21-22H,2,5-6,9-11H2,1H3,(H,23,26). The van der Waals surface area contributed by atoms with Crippen molar-refractivity contribution in [1.82, 2.24) is 20.5 Å². The third-order valence-electron chi connectivity index (χ3n) is 5.78. The minimum atomic E-state index is -0.479. The zero-order chi connectivity index (χ0) is 18.1. The lowest BCUT2D eigenvalue weighted by atomic mass is 9.89. The summed E-state index contributed by atoms with van der Waals surface area (Å²) in [7, 11) is 0. The van der Waals surface area contributed by atoms with Crippen molar-refractivity contribution < 1.29 is 9.59 Å². The van der Waals surface area contributed by atoms with Crippen molar-refractivity contribution in [3.05, 3.63) is 36.0 Å². The lowest BCUT2D eigenvalue weighted by Crippen LogP contribution is -2.49. The zero-order valence-corrected chi connectivity index (χ0v) is 15.1. The maximum Gasteiger partial charge on any atom is 0.325 e. The molecule has 1 aromatic carbocycles. The number of fused-ring (bicyclic) bond motifs is 1. The number of rotatable bonds is 5. The molecule has 0 aliphatic carbocycles. The van der Waals surface area contributed by atoms with Gasteiger partial charge in [-0.15, -0.1) is 0 Å². The van der Waals surface area contributed by atoms with Crippen LogP contribution >= 0.6 is 0 Å². The molecule has 3 amide bonds. The fourth-order valence-electron chi connectivity index (χ4n) is 4.46. The fourth-order valence-corrected chi connectivity index (χ4v) is 4.46. The van der Waals surface area contributed by atoms with Crippen LogP contribution in [0.25, 0.3) is 10.9 Å². The third kappa shape index (κ3) is 2.98. The Kier molecular flexibility index (Phi) is 4.68. The van der Waals surface area contributed by atoms with Gasteiger partial charge in [0.1, 0.15) is 6.04 Å². The molecule has 0 spiro atoms. The maximum atomic E-state index is 13.0. The van der Waals surface area contributed by atoms with Gasteiger partial charge in [0.05, 0.1) is 0 Å². The van der Waals surface area contributed by atoms with Crippen molar-refractivity contribution in [3.63, 3.8) is 0 Å². The number of nitrogens with zero attached hydrogens (tertiary/aromatic N) is 1. The highest BCUT2D eigenvalue weighted by atomic mass is 16.2. The first-order valence-corrected chi connectivity index (χ1v) is 9.58. The molecule has 26 heavy (non-hydrogen) atoms. The Morgan fingerprint density at radius 2 is 2.12 bits per heavy atom. The van der Waals surface area contributed by atoms with Crippen LogP contribution in [0.3, 0.4) is 0 Å². The Balaban J connectivity index is 1.53. The smallest absolute Gasteiger partial charge is 0.325 e. The van der Waals surface area contributed by atoms with Crippen LogP contribution in [0.5, 0.6) is 0 Å². The number of H-pyrrole nitrogens is 1. The van der Waals surface area contributed by atoms with E-state index in [1.54, 1.807) is 0 Å². The average molecular weight is 354 g/mol. The molecule has 0 radical (unpaired) electrons. The van der Waals surface area contributed by atoms with Gasteiger partial charge in [-0.2, -0.15) is 0 Å². The number of amides is 3. The van der Waals surface area contributed by atoms with Crippen LogP contribution in [0.1, 0.15) is 31.7 Å². The van der Waals surface area contributed by atoms with Crippen LogP contribution in [-0.4, -0.2) is 47.0 Å². The van der Waals surface area contributed by atoms with Crippen LogP contribution in [0.15, 0.2) is 30.5 Å². The van der Waals surface area contributed by atoms with Crippen LogP contribution in [0.2, 0.25) is 0 Å². The Hall–Kier alpha value is -2.34. The van der Waals surface area contributed by atoms with Gasteiger partial charge in [-0.05, 0) is 49.9 Å². The number of aromatic amines is 1. The summed E-state index contributed by atoms with van der Waals surface area (Å²) in [6.07, 6.45) is 5.42. The molecule has 2 aliphatic heterocycles. The number of nitrogens with one attached hydrogen (secondary N) is 3. The number of carbonyl (C=O) groups excluding carboxylic acids is 2. The van der Waals surface area contributed by atoms with Crippen molar-refractivity contribution >= 4 is 22.8 Å². The normalized spacial score (nSPS) is 24.9. The predicted octanol–water partition coefficient (Wildman–Crippen LogP) is 2.41. The monoisotopic (exact) mass is 354 g/mol. The summed E-state index contributed by atoms with van der Waals surface area (Å²) in [4.78, 5) is 30.4. The van der Waals surface area contributed by atoms with Crippen molar-refractivity contribution in [2.45, 2.75) is 44.7 Å². The van der Waals surface area contributed by atoms with E-state index >= 15 is 0 Å². The number of imide groups is 1.